The number of rotatable bonds is 7. The summed E-state index contributed by atoms with van der Waals surface area (Å²) in [5, 5.41) is 0. The zero-order valence-electron chi connectivity index (χ0n) is 22.2. The lowest BCUT2D eigenvalue weighted by molar-refractivity contribution is -0.123. The van der Waals surface area contributed by atoms with Gasteiger partial charge in [0.25, 0.3) is 0 Å². The first-order chi connectivity index (χ1) is 15.1. The molecule has 7 aliphatic carbocycles. The van der Waals surface area contributed by atoms with Crippen molar-refractivity contribution in [1.82, 2.24) is 0 Å². The summed E-state index contributed by atoms with van der Waals surface area (Å²) < 4.78 is 0. The van der Waals surface area contributed by atoms with E-state index in [4.69, 9.17) is 0 Å². The van der Waals surface area contributed by atoms with Crippen LogP contribution in [0.15, 0.2) is 0 Å². The van der Waals surface area contributed by atoms with Crippen molar-refractivity contribution in [2.24, 2.45) is 52.3 Å². The molecule has 4 bridgehead atoms. The fraction of sp³-hybridized carbons (Fsp3) is 0.967. The van der Waals surface area contributed by atoms with Crippen molar-refractivity contribution in [3.8, 4) is 0 Å². The highest BCUT2D eigenvalue weighted by Crippen LogP contribution is 2.69. The fourth-order valence-electron chi connectivity index (χ4n) is 10.4. The molecular formula is C30H51BO. The average molecular weight is 439 g/mol. The van der Waals surface area contributed by atoms with E-state index < -0.39 is 0 Å². The third kappa shape index (κ3) is 3.68. The van der Waals surface area contributed by atoms with Crippen molar-refractivity contribution >= 4 is 12.5 Å². The lowest BCUT2D eigenvalue weighted by Gasteiger charge is -2.66. The van der Waals surface area contributed by atoms with Gasteiger partial charge in [0.1, 0.15) is 12.5 Å². The number of ketones is 1. The maximum atomic E-state index is 12.9. The highest BCUT2D eigenvalue weighted by Gasteiger charge is 2.62. The van der Waals surface area contributed by atoms with Crippen LogP contribution in [-0.2, 0) is 4.79 Å². The van der Waals surface area contributed by atoms with Gasteiger partial charge >= 0.3 is 0 Å². The molecule has 32 heavy (non-hydrogen) atoms. The van der Waals surface area contributed by atoms with Gasteiger partial charge in [0.05, 0.1) is 0 Å². The van der Waals surface area contributed by atoms with Crippen molar-refractivity contribution in [3.05, 3.63) is 0 Å². The molecule has 0 saturated heterocycles. The second kappa shape index (κ2) is 8.44. The lowest BCUT2D eigenvalue weighted by Crippen LogP contribution is -2.59. The maximum Gasteiger partial charge on any atom is 0.146 e. The number of Topliss-reactive ketones (excluding diaryl/α,β-unsaturated/α-hetero) is 1. The third-order valence-electron chi connectivity index (χ3n) is 12.9. The van der Waals surface area contributed by atoms with Crippen LogP contribution in [0.2, 0.25) is 18.0 Å². The zero-order chi connectivity index (χ0) is 22.8. The second-order valence-corrected chi connectivity index (χ2v) is 14.6. The molecule has 7 rings (SSSR count). The molecule has 0 heterocycles. The Bertz CT molecular complexity index is 662. The van der Waals surface area contributed by atoms with Crippen molar-refractivity contribution in [3.63, 3.8) is 0 Å². The summed E-state index contributed by atoms with van der Waals surface area (Å²) >= 11 is 0. The molecule has 0 spiro atoms. The summed E-state index contributed by atoms with van der Waals surface area (Å²) in [6.45, 7) is 16.3. The van der Waals surface area contributed by atoms with Crippen LogP contribution < -0.4 is 0 Å². The van der Waals surface area contributed by atoms with E-state index in [-0.39, 0.29) is 0 Å². The summed E-state index contributed by atoms with van der Waals surface area (Å²) in [4.78, 5) is 12.9. The summed E-state index contributed by atoms with van der Waals surface area (Å²) in [7, 11) is 0. The van der Waals surface area contributed by atoms with Gasteiger partial charge in [-0.1, -0.05) is 98.0 Å². The zero-order valence-corrected chi connectivity index (χ0v) is 22.2. The highest BCUT2D eigenvalue weighted by atomic mass is 16.1. The molecule has 0 aromatic heterocycles. The van der Waals surface area contributed by atoms with E-state index in [0.717, 1.165) is 60.3 Å². The summed E-state index contributed by atoms with van der Waals surface area (Å²) in [6, 6.07) is 0. The minimum atomic E-state index is 0.409. The van der Waals surface area contributed by atoms with Crippen LogP contribution in [-0.4, -0.2) is 12.5 Å². The van der Waals surface area contributed by atoms with Gasteiger partial charge in [0.2, 0.25) is 0 Å². The van der Waals surface area contributed by atoms with Crippen molar-refractivity contribution in [2.75, 3.05) is 0 Å². The van der Waals surface area contributed by atoms with Crippen molar-refractivity contribution < 1.29 is 4.79 Å². The normalized spacial score (nSPS) is 44.3. The summed E-state index contributed by atoms with van der Waals surface area (Å²) in [5.41, 5.74) is 1.17. The molecule has 0 unspecified atom stereocenters. The molecule has 7 aliphatic rings. The Balaban J connectivity index is 1.28. The van der Waals surface area contributed by atoms with Gasteiger partial charge in [-0.2, -0.15) is 0 Å². The van der Waals surface area contributed by atoms with Crippen LogP contribution in [0.3, 0.4) is 0 Å². The molecular weight excluding hydrogens is 387 g/mol. The van der Waals surface area contributed by atoms with Gasteiger partial charge in [0.15, 0.2) is 0 Å². The van der Waals surface area contributed by atoms with Gasteiger partial charge in [-0.15, -0.1) is 0 Å². The van der Waals surface area contributed by atoms with E-state index in [1.165, 1.54) is 70.5 Å². The first-order valence-electron chi connectivity index (χ1n) is 14.6. The largest absolute Gasteiger partial charge is 0.299 e. The molecule has 0 aromatic rings. The Labute approximate surface area is 199 Å². The van der Waals surface area contributed by atoms with Crippen molar-refractivity contribution in [1.29, 1.82) is 0 Å². The number of carbonyl (C=O) groups is 1. The third-order valence-corrected chi connectivity index (χ3v) is 12.9. The fourth-order valence-corrected chi connectivity index (χ4v) is 10.4. The molecule has 8 atom stereocenters. The monoisotopic (exact) mass is 438 g/mol. The highest BCUT2D eigenvalue weighted by molar-refractivity contribution is 6.62. The SMILES string of the molecule is C[C@@H]1[C@H]2C[C@@H](C[C@H]1B(CCCC(=O)C1CCCCC1)[C@@H]1C[C@@H]3C[C@H]([C@H]1C)C3(C)C)C2(C)C. The standard InChI is InChI=1S/C30H51BO/c1-19-24-15-22(29(24,3)4)17-26(19)31(14-10-13-28(32)21-11-8-7-9-12-21)27-18-23-16-25(20(27)2)30(23,5)6/h19-27H,7-18H2,1-6H3/t19-,20-,22+,23+,24-,25-,26-,27-/m1/s1. The number of hydrogen-bond acceptors (Lipinski definition) is 1. The molecule has 1 nitrogen and oxygen atoms in total. The summed E-state index contributed by atoms with van der Waals surface area (Å²) in [6.07, 6.45) is 15.6. The van der Waals surface area contributed by atoms with Crippen LogP contribution in [0.1, 0.15) is 112 Å². The quantitative estimate of drug-likeness (QED) is 0.364. The molecule has 0 radical (unpaired) electrons. The number of hydrogen-bond donors (Lipinski definition) is 0. The Morgan fingerprint density at radius 3 is 1.72 bits per heavy atom. The van der Waals surface area contributed by atoms with E-state index >= 15 is 0 Å². The van der Waals surface area contributed by atoms with Crippen LogP contribution in [0.5, 0.6) is 0 Å². The second-order valence-electron chi connectivity index (χ2n) is 14.6. The van der Waals surface area contributed by atoms with Gasteiger partial charge in [-0.3, -0.25) is 4.79 Å². The molecule has 7 fully saturated rings. The van der Waals surface area contributed by atoms with Gasteiger partial charge in [-0.05, 0) is 72.0 Å². The van der Waals surface area contributed by atoms with Crippen LogP contribution in [0.25, 0.3) is 0 Å². The average Bonchev–Trinajstić information content (AvgIpc) is 2.77. The van der Waals surface area contributed by atoms with Crippen LogP contribution in [0.4, 0.5) is 0 Å². The molecule has 0 aliphatic heterocycles. The van der Waals surface area contributed by atoms with E-state index in [1.54, 1.807) is 0 Å². The van der Waals surface area contributed by atoms with Crippen LogP contribution >= 0.6 is 0 Å². The predicted molar refractivity (Wildman–Crippen MR) is 137 cm³/mol. The Kier molecular flexibility index (Phi) is 6.19. The molecule has 0 aromatic carbocycles. The minimum absolute atomic E-state index is 0.409. The summed E-state index contributed by atoms with van der Waals surface area (Å²) in [5.74, 6) is 8.45. The van der Waals surface area contributed by atoms with E-state index in [1.807, 2.05) is 0 Å². The van der Waals surface area contributed by atoms with Crippen LogP contribution in [0, 0.1) is 52.3 Å². The minimum Gasteiger partial charge on any atom is -0.299 e. The maximum absolute atomic E-state index is 12.9. The smallest absolute Gasteiger partial charge is 0.146 e. The predicted octanol–water partition coefficient (Wildman–Crippen LogP) is 8.56. The molecule has 180 valence electrons. The Morgan fingerprint density at radius 2 is 1.28 bits per heavy atom. The first-order valence-corrected chi connectivity index (χ1v) is 14.6. The van der Waals surface area contributed by atoms with E-state index in [0.29, 0.717) is 22.5 Å². The molecule has 0 N–H and O–H groups in total. The first kappa shape index (κ1) is 23.5. The van der Waals surface area contributed by atoms with Gasteiger partial charge < -0.3 is 0 Å². The number of carbonyl (C=O) groups excluding carboxylic acids is 1. The lowest BCUT2D eigenvalue weighted by atomic mass is 9.20. The van der Waals surface area contributed by atoms with Crippen molar-refractivity contribution in [2.45, 2.75) is 130 Å². The molecule has 0 amide bonds. The van der Waals surface area contributed by atoms with E-state index in [2.05, 4.69) is 41.5 Å². The Morgan fingerprint density at radius 1 is 0.781 bits per heavy atom. The topological polar surface area (TPSA) is 17.1 Å². The van der Waals surface area contributed by atoms with Gasteiger partial charge in [-0.25, -0.2) is 0 Å². The number of fused-ring (bicyclic) bond motifs is 4. The molecule has 2 heteroatoms. The molecule has 7 saturated carbocycles. The Hall–Kier alpha value is -0.265. The van der Waals surface area contributed by atoms with E-state index in [9.17, 15) is 4.79 Å². The van der Waals surface area contributed by atoms with Gasteiger partial charge in [0, 0.05) is 12.3 Å².